The number of rotatable bonds is 9. The van der Waals surface area contributed by atoms with Gasteiger partial charge in [-0.3, -0.25) is 4.79 Å². The Bertz CT molecular complexity index is 1210. The number of hydrogen-bond acceptors (Lipinski definition) is 6. The van der Waals surface area contributed by atoms with Crippen LogP contribution in [0.1, 0.15) is 31.3 Å². The lowest BCUT2D eigenvalue weighted by molar-refractivity contribution is 0.0987. The predicted octanol–water partition coefficient (Wildman–Crippen LogP) is 4.16. The first-order chi connectivity index (χ1) is 15.3. The van der Waals surface area contributed by atoms with Gasteiger partial charge in [0.05, 0.1) is 17.2 Å². The molecule has 8 nitrogen and oxygen atoms in total. The molecule has 0 fully saturated rings. The fourth-order valence-electron chi connectivity index (χ4n) is 3.11. The molecule has 0 radical (unpaired) electrons. The number of ether oxygens (including phenoxy) is 1. The standard InChI is InChI=1S/C22H24FN3O5S/c1-4-26(5-2)32(28,29)17-10-11-20(30-6-3)19(13-17)24-22(27)21-14-18(25-31-21)15-8-7-9-16(23)12-15/h7-14H,4-6H2,1-3H3,(H,24,27). The van der Waals surface area contributed by atoms with Crippen LogP contribution < -0.4 is 10.1 Å². The van der Waals surface area contributed by atoms with Crippen LogP contribution in [0.3, 0.4) is 0 Å². The first kappa shape index (κ1) is 23.4. The second-order valence-corrected chi connectivity index (χ2v) is 8.66. The summed E-state index contributed by atoms with van der Waals surface area (Å²) >= 11 is 0. The van der Waals surface area contributed by atoms with Crippen molar-refractivity contribution in [1.82, 2.24) is 9.46 Å². The van der Waals surface area contributed by atoms with E-state index in [1.54, 1.807) is 26.8 Å². The Kier molecular flexibility index (Phi) is 7.26. The highest BCUT2D eigenvalue weighted by molar-refractivity contribution is 7.89. The van der Waals surface area contributed by atoms with Crippen LogP contribution in [0.15, 0.2) is 57.9 Å². The van der Waals surface area contributed by atoms with Crippen LogP contribution in [0, 0.1) is 5.82 Å². The van der Waals surface area contributed by atoms with E-state index in [0.717, 1.165) is 0 Å². The maximum Gasteiger partial charge on any atom is 0.294 e. The van der Waals surface area contributed by atoms with Crippen LogP contribution in [-0.2, 0) is 10.0 Å². The van der Waals surface area contributed by atoms with Gasteiger partial charge in [0.1, 0.15) is 17.3 Å². The highest BCUT2D eigenvalue weighted by Gasteiger charge is 2.24. The van der Waals surface area contributed by atoms with Crippen molar-refractivity contribution >= 4 is 21.6 Å². The van der Waals surface area contributed by atoms with Crippen LogP contribution in [0.25, 0.3) is 11.3 Å². The smallest absolute Gasteiger partial charge is 0.294 e. The number of benzene rings is 2. The summed E-state index contributed by atoms with van der Waals surface area (Å²) in [5, 5.41) is 6.44. The number of nitrogens with one attached hydrogen (secondary N) is 1. The third kappa shape index (κ3) is 4.97. The molecular formula is C22H24FN3O5S. The van der Waals surface area contributed by atoms with Gasteiger partial charge in [0.2, 0.25) is 15.8 Å². The lowest BCUT2D eigenvalue weighted by Gasteiger charge is -2.19. The van der Waals surface area contributed by atoms with E-state index < -0.39 is 21.7 Å². The molecule has 10 heteroatoms. The Morgan fingerprint density at radius 2 is 1.88 bits per heavy atom. The number of carbonyl (C=O) groups excluding carboxylic acids is 1. The van der Waals surface area contributed by atoms with Crippen molar-refractivity contribution in [2.24, 2.45) is 0 Å². The molecule has 0 spiro atoms. The molecule has 3 rings (SSSR count). The van der Waals surface area contributed by atoms with Gasteiger partial charge in [-0.1, -0.05) is 31.1 Å². The quantitative estimate of drug-likeness (QED) is 0.513. The number of anilines is 1. The topological polar surface area (TPSA) is 102 Å². The molecule has 32 heavy (non-hydrogen) atoms. The minimum Gasteiger partial charge on any atom is -0.492 e. The minimum absolute atomic E-state index is 0.0259. The maximum atomic E-state index is 13.5. The van der Waals surface area contributed by atoms with Gasteiger partial charge < -0.3 is 14.6 Å². The summed E-state index contributed by atoms with van der Waals surface area (Å²) in [4.78, 5) is 12.8. The van der Waals surface area contributed by atoms with Gasteiger partial charge in [0.15, 0.2) is 0 Å². The SMILES string of the molecule is CCOc1ccc(S(=O)(=O)N(CC)CC)cc1NC(=O)c1cc(-c2cccc(F)c2)no1. The lowest BCUT2D eigenvalue weighted by Crippen LogP contribution is -2.30. The summed E-state index contributed by atoms with van der Waals surface area (Å²) in [6.45, 7) is 6.21. The molecule has 170 valence electrons. The minimum atomic E-state index is -3.74. The fraction of sp³-hybridized carbons (Fsp3) is 0.273. The molecule has 1 heterocycles. The average Bonchev–Trinajstić information content (AvgIpc) is 3.26. The molecule has 3 aromatic rings. The summed E-state index contributed by atoms with van der Waals surface area (Å²) in [5.74, 6) is -0.907. The van der Waals surface area contributed by atoms with E-state index in [4.69, 9.17) is 9.26 Å². The van der Waals surface area contributed by atoms with Gasteiger partial charge in [0.25, 0.3) is 5.91 Å². The molecular weight excluding hydrogens is 437 g/mol. The number of nitrogens with zero attached hydrogens (tertiary/aromatic N) is 2. The molecule has 0 aliphatic carbocycles. The largest absolute Gasteiger partial charge is 0.492 e. The van der Waals surface area contributed by atoms with Crippen LogP contribution in [-0.4, -0.2) is 43.5 Å². The zero-order valence-corrected chi connectivity index (χ0v) is 18.8. The van der Waals surface area contributed by atoms with Gasteiger partial charge in [0, 0.05) is 24.7 Å². The maximum absolute atomic E-state index is 13.5. The van der Waals surface area contributed by atoms with Crippen molar-refractivity contribution in [3.05, 3.63) is 60.1 Å². The zero-order chi connectivity index (χ0) is 23.3. The normalized spacial score (nSPS) is 11.5. The van der Waals surface area contributed by atoms with Crippen LogP contribution in [0.4, 0.5) is 10.1 Å². The number of aromatic nitrogens is 1. The summed E-state index contributed by atoms with van der Waals surface area (Å²) < 4.78 is 51.2. The highest BCUT2D eigenvalue weighted by Crippen LogP contribution is 2.30. The third-order valence-electron chi connectivity index (χ3n) is 4.70. The molecule has 0 aliphatic rings. The van der Waals surface area contributed by atoms with Crippen LogP contribution in [0.2, 0.25) is 0 Å². The number of hydrogen-bond donors (Lipinski definition) is 1. The Balaban J connectivity index is 1.91. The summed E-state index contributed by atoms with van der Waals surface area (Å²) in [7, 11) is -3.74. The summed E-state index contributed by atoms with van der Waals surface area (Å²) in [6, 6.07) is 11.4. The molecule has 0 bridgehead atoms. The van der Waals surface area contributed by atoms with Crippen LogP contribution in [0.5, 0.6) is 5.75 Å². The summed E-state index contributed by atoms with van der Waals surface area (Å²) in [6.07, 6.45) is 0. The molecule has 2 aromatic carbocycles. The second-order valence-electron chi connectivity index (χ2n) is 6.72. The van der Waals surface area contributed by atoms with E-state index in [2.05, 4.69) is 10.5 Å². The van der Waals surface area contributed by atoms with E-state index in [-0.39, 0.29) is 22.0 Å². The van der Waals surface area contributed by atoms with Crippen molar-refractivity contribution in [3.63, 3.8) is 0 Å². The van der Waals surface area contributed by atoms with Gasteiger partial charge in [-0.25, -0.2) is 12.8 Å². The Hall–Kier alpha value is -3.24. The van der Waals surface area contributed by atoms with Crippen molar-refractivity contribution < 1.29 is 26.9 Å². The van der Waals surface area contributed by atoms with Crippen molar-refractivity contribution in [3.8, 4) is 17.0 Å². The zero-order valence-electron chi connectivity index (χ0n) is 18.0. The lowest BCUT2D eigenvalue weighted by atomic mass is 10.1. The predicted molar refractivity (Wildman–Crippen MR) is 118 cm³/mol. The Morgan fingerprint density at radius 1 is 1.12 bits per heavy atom. The monoisotopic (exact) mass is 461 g/mol. The molecule has 0 unspecified atom stereocenters. The Morgan fingerprint density at radius 3 is 2.53 bits per heavy atom. The second kappa shape index (κ2) is 9.92. The first-order valence-electron chi connectivity index (χ1n) is 10.1. The number of amides is 1. The molecule has 0 aliphatic heterocycles. The van der Waals surface area contributed by atoms with Gasteiger partial charge in [-0.2, -0.15) is 4.31 Å². The first-order valence-corrected chi connectivity index (χ1v) is 11.5. The number of carbonyl (C=O) groups is 1. The third-order valence-corrected chi connectivity index (χ3v) is 6.74. The van der Waals surface area contributed by atoms with Crippen molar-refractivity contribution in [2.75, 3.05) is 25.0 Å². The number of halogens is 1. The van der Waals surface area contributed by atoms with E-state index in [1.807, 2.05) is 0 Å². The molecule has 0 atom stereocenters. The van der Waals surface area contributed by atoms with Gasteiger partial charge in [-0.05, 0) is 37.3 Å². The molecule has 1 amide bonds. The van der Waals surface area contributed by atoms with E-state index in [0.29, 0.717) is 31.0 Å². The number of sulfonamides is 1. The van der Waals surface area contributed by atoms with E-state index in [1.165, 1.54) is 46.8 Å². The summed E-state index contributed by atoms with van der Waals surface area (Å²) in [5.41, 5.74) is 0.918. The average molecular weight is 462 g/mol. The van der Waals surface area contributed by atoms with Crippen LogP contribution >= 0.6 is 0 Å². The van der Waals surface area contributed by atoms with E-state index >= 15 is 0 Å². The van der Waals surface area contributed by atoms with E-state index in [9.17, 15) is 17.6 Å². The highest BCUT2D eigenvalue weighted by atomic mass is 32.2. The molecule has 0 saturated carbocycles. The van der Waals surface area contributed by atoms with Crippen molar-refractivity contribution in [1.29, 1.82) is 0 Å². The fourth-order valence-corrected chi connectivity index (χ4v) is 4.60. The van der Waals surface area contributed by atoms with Crippen molar-refractivity contribution in [2.45, 2.75) is 25.7 Å². The molecule has 0 saturated heterocycles. The molecule has 1 aromatic heterocycles. The van der Waals surface area contributed by atoms with Gasteiger partial charge >= 0.3 is 0 Å². The molecule has 1 N–H and O–H groups in total. The van der Waals surface area contributed by atoms with Gasteiger partial charge in [-0.15, -0.1) is 0 Å². The Labute approximate surface area is 186 Å².